The van der Waals surface area contributed by atoms with E-state index in [0.717, 1.165) is 38.8 Å². The minimum absolute atomic E-state index is 0.00854. The summed E-state index contributed by atoms with van der Waals surface area (Å²) in [6.07, 6.45) is 5.60. The quantitative estimate of drug-likeness (QED) is 0.331. The molecule has 228 valence electrons. The van der Waals surface area contributed by atoms with Crippen LogP contribution in [-0.2, 0) is 30.7 Å². The highest BCUT2D eigenvalue weighted by Gasteiger charge is 2.47. The summed E-state index contributed by atoms with van der Waals surface area (Å²) in [6, 6.07) is 5.30. The molecule has 0 bridgehead atoms. The summed E-state index contributed by atoms with van der Waals surface area (Å²) in [5, 5.41) is 21.5. The van der Waals surface area contributed by atoms with Crippen molar-refractivity contribution in [1.82, 2.24) is 19.5 Å². The highest BCUT2D eigenvalue weighted by Crippen LogP contribution is 2.42. The third-order valence-corrected chi connectivity index (χ3v) is 10.5. The van der Waals surface area contributed by atoms with Crippen LogP contribution in [0.1, 0.15) is 60.0 Å². The number of fused-ring (bicyclic) bond motifs is 1. The molecule has 0 aliphatic carbocycles. The van der Waals surface area contributed by atoms with Crippen LogP contribution < -0.4 is 16.2 Å². The molecule has 3 aliphatic rings. The average Bonchev–Trinajstić information content (AvgIpc) is 3.28. The topological polar surface area (TPSA) is 157 Å². The Morgan fingerprint density at radius 1 is 1.23 bits per heavy atom. The van der Waals surface area contributed by atoms with Crippen LogP contribution >= 0.6 is 23.4 Å². The van der Waals surface area contributed by atoms with E-state index < -0.39 is 17.2 Å². The zero-order valence-corrected chi connectivity index (χ0v) is 25.5. The number of aryl methyl sites for hydroxylation is 1. The second-order valence-electron chi connectivity index (χ2n) is 11.6. The van der Waals surface area contributed by atoms with Gasteiger partial charge in [0.25, 0.3) is 5.56 Å². The lowest BCUT2D eigenvalue weighted by atomic mass is 9.73. The van der Waals surface area contributed by atoms with Crippen LogP contribution in [-0.4, -0.2) is 67.4 Å². The third kappa shape index (κ3) is 5.66. The van der Waals surface area contributed by atoms with Gasteiger partial charge in [-0.05, 0) is 44.2 Å². The molecule has 2 atom stereocenters. The summed E-state index contributed by atoms with van der Waals surface area (Å²) in [6.45, 7) is 4.40. The summed E-state index contributed by atoms with van der Waals surface area (Å²) >= 11 is 8.00. The highest BCUT2D eigenvalue weighted by atomic mass is 35.5. The number of halogens is 1. The number of ether oxygens (including phenoxy) is 1. The highest BCUT2D eigenvalue weighted by molar-refractivity contribution is 7.99. The van der Waals surface area contributed by atoms with Crippen molar-refractivity contribution in [2.24, 2.45) is 11.1 Å². The smallest absolute Gasteiger partial charge is 0.268 e. The normalized spacial score (nSPS) is 21.3. The molecule has 5 heterocycles. The van der Waals surface area contributed by atoms with Gasteiger partial charge in [-0.2, -0.15) is 4.98 Å². The van der Waals surface area contributed by atoms with Crippen molar-refractivity contribution in [3.05, 3.63) is 62.4 Å². The minimum Gasteiger partial charge on any atom is -0.493 e. The van der Waals surface area contributed by atoms with E-state index in [1.165, 1.54) is 16.3 Å². The molecule has 1 spiro atoms. The molecule has 1 aromatic carbocycles. The van der Waals surface area contributed by atoms with Gasteiger partial charge in [0.15, 0.2) is 11.6 Å². The number of piperidine rings is 1. The maximum Gasteiger partial charge on any atom is 0.268 e. The van der Waals surface area contributed by atoms with Gasteiger partial charge >= 0.3 is 0 Å². The molecule has 6 rings (SSSR count). The van der Waals surface area contributed by atoms with Gasteiger partial charge < -0.3 is 25.6 Å². The number of carbonyl (C=O) groups excluding carboxylic acids is 1. The molecule has 3 aromatic rings. The molecule has 13 heteroatoms. The zero-order valence-electron chi connectivity index (χ0n) is 24.0. The Balaban J connectivity index is 1.17. The number of nitrogens with two attached hydrogens (primary N) is 1. The number of Topliss-reactive ketones (excluding diaryl/α,β-unsaturated/α-hetero) is 1. The molecule has 4 N–H and O–H groups in total. The van der Waals surface area contributed by atoms with E-state index in [4.69, 9.17) is 22.1 Å². The molecule has 43 heavy (non-hydrogen) atoms. The van der Waals surface area contributed by atoms with Gasteiger partial charge in [0.05, 0.1) is 30.5 Å². The summed E-state index contributed by atoms with van der Waals surface area (Å²) in [5.41, 5.74) is 6.60. The molecular formula is C30H35ClN6O5S. The molecule has 11 nitrogen and oxygen atoms in total. The monoisotopic (exact) mass is 626 g/mol. The largest absolute Gasteiger partial charge is 0.493 e. The second kappa shape index (κ2) is 12.2. The lowest BCUT2D eigenvalue weighted by molar-refractivity contribution is 0.0973. The summed E-state index contributed by atoms with van der Waals surface area (Å²) in [5.74, 6) is 0.0732. The van der Waals surface area contributed by atoms with E-state index in [1.807, 2.05) is 6.92 Å². The van der Waals surface area contributed by atoms with Crippen molar-refractivity contribution >= 4 is 35.0 Å². The molecule has 0 amide bonds. The first-order valence-electron chi connectivity index (χ1n) is 14.6. The van der Waals surface area contributed by atoms with Crippen molar-refractivity contribution in [1.29, 1.82) is 0 Å². The lowest BCUT2D eigenvalue weighted by Crippen LogP contribution is -2.51. The Labute approximate surface area is 258 Å². The third-order valence-electron chi connectivity index (χ3n) is 9.00. The lowest BCUT2D eigenvalue weighted by Gasteiger charge is -2.41. The van der Waals surface area contributed by atoms with Gasteiger partial charge in [-0.15, -0.1) is 0 Å². The van der Waals surface area contributed by atoms with Crippen LogP contribution in [0.5, 0.6) is 5.88 Å². The van der Waals surface area contributed by atoms with Crippen molar-refractivity contribution < 1.29 is 19.7 Å². The molecule has 2 saturated heterocycles. The zero-order chi connectivity index (χ0) is 30.3. The minimum atomic E-state index is -0.547. The number of aromatic nitrogens is 4. The van der Waals surface area contributed by atoms with Crippen molar-refractivity contribution in [2.45, 2.75) is 80.7 Å². The number of rotatable bonds is 7. The fourth-order valence-corrected chi connectivity index (χ4v) is 7.57. The van der Waals surface area contributed by atoms with E-state index in [-0.39, 0.29) is 36.2 Å². The van der Waals surface area contributed by atoms with Crippen molar-refractivity contribution in [3.63, 3.8) is 0 Å². The Morgan fingerprint density at radius 3 is 2.74 bits per heavy atom. The van der Waals surface area contributed by atoms with Gasteiger partial charge in [0.2, 0.25) is 5.88 Å². The van der Waals surface area contributed by atoms with E-state index in [0.29, 0.717) is 57.4 Å². The number of aliphatic hydroxyl groups excluding tert-OH is 1. The fraction of sp³-hybridized carbons (Fsp3) is 0.500. The van der Waals surface area contributed by atoms with Crippen LogP contribution in [0.25, 0.3) is 0 Å². The molecule has 0 saturated carbocycles. The predicted octanol–water partition coefficient (Wildman–Crippen LogP) is 3.13. The Kier molecular flexibility index (Phi) is 8.49. The first-order chi connectivity index (χ1) is 20.7. The van der Waals surface area contributed by atoms with Gasteiger partial charge in [-0.3, -0.25) is 14.2 Å². The molecule has 2 fully saturated rings. The first kappa shape index (κ1) is 30.0. The number of ketones is 1. The van der Waals surface area contributed by atoms with E-state index in [1.54, 1.807) is 24.4 Å². The van der Waals surface area contributed by atoms with Crippen LogP contribution in [0, 0.1) is 5.41 Å². The first-order valence-corrected chi connectivity index (χ1v) is 15.8. The fourth-order valence-electron chi connectivity index (χ4n) is 6.41. The second-order valence-corrected chi connectivity index (χ2v) is 13.0. The Morgan fingerprint density at radius 2 is 2.02 bits per heavy atom. The number of aromatic hydroxyl groups is 1. The average molecular weight is 627 g/mol. The Hall–Kier alpha value is -3.03. The van der Waals surface area contributed by atoms with Crippen LogP contribution in [0.2, 0.25) is 5.02 Å². The maximum absolute atomic E-state index is 13.2. The van der Waals surface area contributed by atoms with E-state index >= 15 is 0 Å². The van der Waals surface area contributed by atoms with E-state index in [2.05, 4.69) is 19.9 Å². The van der Waals surface area contributed by atoms with Gasteiger partial charge in [0.1, 0.15) is 22.1 Å². The molecular weight excluding hydrogens is 592 g/mol. The van der Waals surface area contributed by atoms with Gasteiger partial charge in [0, 0.05) is 48.8 Å². The predicted molar refractivity (Wildman–Crippen MR) is 162 cm³/mol. The maximum atomic E-state index is 13.2. The van der Waals surface area contributed by atoms with Gasteiger partial charge in [-0.25, -0.2) is 9.97 Å². The van der Waals surface area contributed by atoms with Gasteiger partial charge in [-0.1, -0.05) is 35.5 Å². The number of hydrogen-bond donors (Lipinski definition) is 3. The van der Waals surface area contributed by atoms with Crippen LogP contribution in [0.3, 0.4) is 0 Å². The molecule has 0 radical (unpaired) electrons. The van der Waals surface area contributed by atoms with Crippen LogP contribution in [0.4, 0.5) is 5.82 Å². The number of hydrogen-bond acceptors (Lipinski definition) is 11. The molecule has 0 unspecified atom stereocenters. The Bertz CT molecular complexity index is 1610. The summed E-state index contributed by atoms with van der Waals surface area (Å²) in [7, 11) is 0. The number of aliphatic hydroxyl groups is 1. The summed E-state index contributed by atoms with van der Waals surface area (Å²) < 4.78 is 7.31. The standard InChI is InChI=1S/C30H35ClN6O5S/c1-17-26(32)30(16-42-17)8-11-36(12-9-30)27-19(15-38)34-23(14-33-27)43-21-6-4-5-18(25(21)31)13-20(39)24-28(40)35-22-7-2-3-10-37(22)29(24)41/h4-6,14,17,26,38,40H,2-3,7-13,15-16,32H2,1H3/t17-,26+/m0/s1. The molecule has 2 aromatic heterocycles. The van der Waals surface area contributed by atoms with E-state index in [9.17, 15) is 19.8 Å². The summed E-state index contributed by atoms with van der Waals surface area (Å²) in [4.78, 5) is 42.5. The van der Waals surface area contributed by atoms with Crippen LogP contribution in [0.15, 0.2) is 39.1 Å². The number of nitrogens with zero attached hydrogens (tertiary/aromatic N) is 5. The van der Waals surface area contributed by atoms with Crippen molar-refractivity contribution in [3.8, 4) is 5.88 Å². The number of anilines is 1. The number of carbonyl (C=O) groups is 1. The molecule has 3 aliphatic heterocycles. The SMILES string of the molecule is C[C@@H]1OCC2(CCN(c3ncc(Sc4cccc(CC(=O)c5c(O)nc6n(c5=O)CCCC6)c4Cl)nc3CO)CC2)[C@@H]1N. The number of benzene rings is 1. The van der Waals surface area contributed by atoms with Crippen molar-refractivity contribution in [2.75, 3.05) is 24.6 Å².